The van der Waals surface area contributed by atoms with Gasteiger partial charge in [0.1, 0.15) is 10.6 Å². The Morgan fingerprint density at radius 3 is 3.05 bits per heavy atom. The molecule has 0 fully saturated rings. The number of fused-ring (bicyclic) bond motifs is 1. The number of carbonyl (C=O) groups is 1. The standard InChI is InChI=1S/C15H14O3S/c1-9-8-19-14(15(16)17-2)12(9)11-5-3-4-10-6-7-18-13(10)11/h3-5,8H,6-7H2,1-2H3. The molecule has 0 spiro atoms. The Morgan fingerprint density at radius 1 is 1.42 bits per heavy atom. The molecule has 2 heterocycles. The van der Waals surface area contributed by atoms with E-state index in [0.717, 1.165) is 28.9 Å². The summed E-state index contributed by atoms with van der Waals surface area (Å²) in [5.41, 5.74) is 4.22. The van der Waals surface area contributed by atoms with Gasteiger partial charge in [-0.1, -0.05) is 18.2 Å². The second-order valence-electron chi connectivity index (χ2n) is 4.51. The van der Waals surface area contributed by atoms with Gasteiger partial charge in [0, 0.05) is 17.5 Å². The van der Waals surface area contributed by atoms with E-state index in [2.05, 4.69) is 6.07 Å². The van der Waals surface area contributed by atoms with Crippen molar-refractivity contribution in [2.24, 2.45) is 0 Å². The predicted molar refractivity (Wildman–Crippen MR) is 75.0 cm³/mol. The van der Waals surface area contributed by atoms with Gasteiger partial charge in [0.25, 0.3) is 0 Å². The molecule has 0 saturated heterocycles. The highest BCUT2D eigenvalue weighted by molar-refractivity contribution is 7.12. The number of rotatable bonds is 2. The van der Waals surface area contributed by atoms with Crippen molar-refractivity contribution in [1.29, 1.82) is 0 Å². The summed E-state index contributed by atoms with van der Waals surface area (Å²) in [5.74, 6) is 0.623. The van der Waals surface area contributed by atoms with Crippen LogP contribution < -0.4 is 4.74 Å². The van der Waals surface area contributed by atoms with Crippen molar-refractivity contribution in [3.63, 3.8) is 0 Å². The van der Waals surface area contributed by atoms with Crippen LogP contribution in [0.1, 0.15) is 20.8 Å². The molecule has 3 nitrogen and oxygen atoms in total. The van der Waals surface area contributed by atoms with Crippen LogP contribution in [-0.2, 0) is 11.2 Å². The Hall–Kier alpha value is -1.81. The van der Waals surface area contributed by atoms with Crippen LogP contribution in [0.3, 0.4) is 0 Å². The number of ether oxygens (including phenoxy) is 2. The van der Waals surface area contributed by atoms with Crippen molar-refractivity contribution in [1.82, 2.24) is 0 Å². The second-order valence-corrected chi connectivity index (χ2v) is 5.39. The minimum Gasteiger partial charge on any atom is -0.492 e. The van der Waals surface area contributed by atoms with E-state index in [1.165, 1.54) is 24.0 Å². The van der Waals surface area contributed by atoms with E-state index in [9.17, 15) is 4.79 Å². The maximum absolute atomic E-state index is 11.9. The first-order valence-corrected chi connectivity index (χ1v) is 7.02. The smallest absolute Gasteiger partial charge is 0.348 e. The Kier molecular flexibility index (Phi) is 3.03. The molecular weight excluding hydrogens is 260 g/mol. The number of benzene rings is 1. The Bertz CT molecular complexity index is 643. The number of esters is 1. The zero-order valence-corrected chi connectivity index (χ0v) is 11.7. The molecule has 4 heteroatoms. The predicted octanol–water partition coefficient (Wildman–Crippen LogP) is 3.45. The average Bonchev–Trinajstić information content (AvgIpc) is 3.03. The van der Waals surface area contributed by atoms with Crippen LogP contribution in [0.2, 0.25) is 0 Å². The van der Waals surface area contributed by atoms with Crippen LogP contribution in [0, 0.1) is 6.92 Å². The van der Waals surface area contributed by atoms with Crippen molar-refractivity contribution in [3.05, 3.63) is 39.6 Å². The summed E-state index contributed by atoms with van der Waals surface area (Å²) in [5, 5.41) is 1.98. The van der Waals surface area contributed by atoms with Gasteiger partial charge in [-0.3, -0.25) is 0 Å². The first-order chi connectivity index (χ1) is 9.22. The molecule has 0 N–H and O–H groups in total. The lowest BCUT2D eigenvalue weighted by atomic mass is 9.99. The number of methoxy groups -OCH3 is 1. The van der Waals surface area contributed by atoms with Crippen molar-refractivity contribution >= 4 is 17.3 Å². The van der Waals surface area contributed by atoms with Gasteiger partial charge in [-0.25, -0.2) is 4.79 Å². The van der Waals surface area contributed by atoms with Gasteiger partial charge in [0.15, 0.2) is 0 Å². The number of para-hydroxylation sites is 1. The molecule has 2 aromatic rings. The first kappa shape index (κ1) is 12.2. The molecule has 0 unspecified atom stereocenters. The average molecular weight is 274 g/mol. The van der Waals surface area contributed by atoms with Crippen molar-refractivity contribution in [3.8, 4) is 16.9 Å². The minimum atomic E-state index is -0.288. The van der Waals surface area contributed by atoms with Crippen LogP contribution in [0.5, 0.6) is 5.75 Å². The molecular formula is C15H14O3S. The monoisotopic (exact) mass is 274 g/mol. The summed E-state index contributed by atoms with van der Waals surface area (Å²) in [4.78, 5) is 12.5. The van der Waals surface area contributed by atoms with Crippen LogP contribution in [0.25, 0.3) is 11.1 Å². The van der Waals surface area contributed by atoms with Crippen molar-refractivity contribution in [2.75, 3.05) is 13.7 Å². The number of hydrogen-bond donors (Lipinski definition) is 0. The molecule has 0 radical (unpaired) electrons. The molecule has 0 bridgehead atoms. The first-order valence-electron chi connectivity index (χ1n) is 6.14. The molecule has 0 atom stereocenters. The van der Waals surface area contributed by atoms with E-state index in [1.54, 1.807) is 0 Å². The molecule has 1 aliphatic heterocycles. The molecule has 19 heavy (non-hydrogen) atoms. The lowest BCUT2D eigenvalue weighted by Crippen LogP contribution is -2.01. The molecule has 0 aliphatic carbocycles. The fourth-order valence-electron chi connectivity index (χ4n) is 2.43. The van der Waals surface area contributed by atoms with Gasteiger partial charge < -0.3 is 9.47 Å². The van der Waals surface area contributed by atoms with Crippen molar-refractivity contribution in [2.45, 2.75) is 13.3 Å². The molecule has 0 saturated carbocycles. The van der Waals surface area contributed by atoms with Gasteiger partial charge in [0.2, 0.25) is 0 Å². The van der Waals surface area contributed by atoms with Gasteiger partial charge in [-0.05, 0) is 23.4 Å². The van der Waals surface area contributed by atoms with Crippen LogP contribution in [-0.4, -0.2) is 19.7 Å². The summed E-state index contributed by atoms with van der Waals surface area (Å²) in [7, 11) is 1.41. The zero-order valence-electron chi connectivity index (χ0n) is 10.9. The zero-order chi connectivity index (χ0) is 13.4. The normalized spacial score (nSPS) is 12.9. The Balaban J connectivity index is 2.20. The minimum absolute atomic E-state index is 0.288. The van der Waals surface area contributed by atoms with Gasteiger partial charge in [0.05, 0.1) is 13.7 Å². The van der Waals surface area contributed by atoms with Crippen molar-refractivity contribution < 1.29 is 14.3 Å². The van der Waals surface area contributed by atoms with E-state index < -0.39 is 0 Å². The molecule has 98 valence electrons. The number of thiophene rings is 1. The topological polar surface area (TPSA) is 35.5 Å². The Labute approximate surface area is 115 Å². The van der Waals surface area contributed by atoms with E-state index in [1.807, 2.05) is 24.4 Å². The third-order valence-corrected chi connectivity index (χ3v) is 4.41. The highest BCUT2D eigenvalue weighted by Gasteiger charge is 2.24. The van der Waals surface area contributed by atoms with Gasteiger partial charge in [-0.2, -0.15) is 0 Å². The summed E-state index contributed by atoms with van der Waals surface area (Å²) in [6.45, 7) is 2.72. The van der Waals surface area contributed by atoms with Crippen LogP contribution in [0.4, 0.5) is 0 Å². The van der Waals surface area contributed by atoms with E-state index in [-0.39, 0.29) is 5.97 Å². The quantitative estimate of drug-likeness (QED) is 0.787. The SMILES string of the molecule is COC(=O)c1scc(C)c1-c1cccc2c1OCC2. The summed E-state index contributed by atoms with van der Waals surface area (Å²) < 4.78 is 10.6. The fraction of sp³-hybridized carbons (Fsp3) is 0.267. The van der Waals surface area contributed by atoms with E-state index >= 15 is 0 Å². The second kappa shape index (κ2) is 4.70. The molecule has 3 rings (SSSR count). The molecule has 0 amide bonds. The van der Waals surface area contributed by atoms with Gasteiger partial charge >= 0.3 is 5.97 Å². The van der Waals surface area contributed by atoms with Crippen LogP contribution >= 0.6 is 11.3 Å². The number of aryl methyl sites for hydroxylation is 1. The van der Waals surface area contributed by atoms with Gasteiger partial charge in [-0.15, -0.1) is 11.3 Å². The third-order valence-electron chi connectivity index (χ3n) is 3.33. The largest absolute Gasteiger partial charge is 0.492 e. The molecule has 1 aromatic carbocycles. The summed E-state index contributed by atoms with van der Waals surface area (Å²) >= 11 is 1.42. The highest BCUT2D eigenvalue weighted by atomic mass is 32.1. The maximum Gasteiger partial charge on any atom is 0.348 e. The number of hydrogen-bond acceptors (Lipinski definition) is 4. The van der Waals surface area contributed by atoms with E-state index in [0.29, 0.717) is 11.5 Å². The Morgan fingerprint density at radius 2 is 2.26 bits per heavy atom. The number of carbonyl (C=O) groups excluding carboxylic acids is 1. The van der Waals surface area contributed by atoms with E-state index in [4.69, 9.17) is 9.47 Å². The summed E-state index contributed by atoms with van der Waals surface area (Å²) in [6, 6.07) is 6.10. The maximum atomic E-state index is 11.9. The van der Waals surface area contributed by atoms with Crippen LogP contribution in [0.15, 0.2) is 23.6 Å². The lowest BCUT2D eigenvalue weighted by Gasteiger charge is -2.09. The fourth-order valence-corrected chi connectivity index (χ4v) is 3.41. The summed E-state index contributed by atoms with van der Waals surface area (Å²) in [6.07, 6.45) is 0.930. The molecule has 1 aromatic heterocycles. The lowest BCUT2D eigenvalue weighted by molar-refractivity contribution is 0.0607. The third kappa shape index (κ3) is 1.92. The highest BCUT2D eigenvalue weighted by Crippen LogP contribution is 2.41. The molecule has 1 aliphatic rings.